The minimum atomic E-state index is -0.0263. The van der Waals surface area contributed by atoms with E-state index in [1.807, 2.05) is 30.3 Å². The first kappa shape index (κ1) is 13.8. The first-order chi connectivity index (χ1) is 9.31. The van der Waals surface area contributed by atoms with Gasteiger partial charge in [0.25, 0.3) is 5.56 Å². The lowest BCUT2D eigenvalue weighted by Gasteiger charge is -2.05. The number of unbranched alkanes of at least 4 members (excludes halogenated alkanes) is 2. The summed E-state index contributed by atoms with van der Waals surface area (Å²) in [5, 5.41) is 13.0. The normalized spacial score (nSPS) is 11.0. The molecule has 0 aliphatic heterocycles. The molecule has 1 aromatic heterocycles. The van der Waals surface area contributed by atoms with E-state index < -0.39 is 0 Å². The van der Waals surface area contributed by atoms with Crippen LogP contribution in [0.5, 0.6) is 0 Å². The van der Waals surface area contributed by atoms with Gasteiger partial charge in [0.1, 0.15) is 0 Å². The Bertz CT molecular complexity index is 578. The third kappa shape index (κ3) is 3.91. The van der Waals surface area contributed by atoms with E-state index in [4.69, 9.17) is 5.11 Å². The lowest BCUT2D eigenvalue weighted by atomic mass is 10.1. The number of aromatic nitrogens is 1. The monoisotopic (exact) mass is 260 g/mol. The maximum Gasteiger partial charge on any atom is 0.252 e. The van der Waals surface area contributed by atoms with Crippen molar-refractivity contribution in [3.63, 3.8) is 0 Å². The molecule has 102 valence electrons. The number of pyridine rings is 1. The molecule has 1 aromatic carbocycles. The fourth-order valence-corrected chi connectivity index (χ4v) is 2.09. The molecule has 0 aliphatic carbocycles. The zero-order chi connectivity index (χ0) is 13.5. The van der Waals surface area contributed by atoms with E-state index in [-0.39, 0.29) is 12.2 Å². The molecule has 0 amide bonds. The standard InChI is InChI=1S/C15H20N2O2/c18-9-5-1-4-8-16-11-13-10-12-6-2-3-7-14(12)17-15(13)19/h2-3,6-7,10,16,18H,1,4-5,8-9,11H2,(H,17,19). The van der Waals surface area contributed by atoms with Crippen LogP contribution < -0.4 is 10.9 Å². The summed E-state index contributed by atoms with van der Waals surface area (Å²) in [6.07, 6.45) is 2.88. The Hall–Kier alpha value is -1.65. The predicted molar refractivity (Wildman–Crippen MR) is 77.2 cm³/mol. The van der Waals surface area contributed by atoms with Crippen LogP contribution in [0.25, 0.3) is 10.9 Å². The summed E-state index contributed by atoms with van der Waals surface area (Å²) in [6, 6.07) is 9.72. The number of nitrogens with one attached hydrogen (secondary N) is 2. The largest absolute Gasteiger partial charge is 0.396 e. The van der Waals surface area contributed by atoms with Gasteiger partial charge in [0.2, 0.25) is 0 Å². The maximum atomic E-state index is 11.9. The molecule has 0 bridgehead atoms. The third-order valence-electron chi connectivity index (χ3n) is 3.16. The van der Waals surface area contributed by atoms with Gasteiger partial charge in [0, 0.05) is 24.2 Å². The molecule has 0 atom stereocenters. The van der Waals surface area contributed by atoms with E-state index in [1.54, 1.807) is 0 Å². The number of aliphatic hydroxyl groups is 1. The van der Waals surface area contributed by atoms with Gasteiger partial charge >= 0.3 is 0 Å². The smallest absolute Gasteiger partial charge is 0.252 e. The molecular formula is C15H20N2O2. The molecule has 1 heterocycles. The number of hydrogen-bond donors (Lipinski definition) is 3. The molecule has 2 aromatic rings. The SMILES string of the molecule is O=c1[nH]c2ccccc2cc1CNCCCCCO. The number of fused-ring (bicyclic) bond motifs is 1. The van der Waals surface area contributed by atoms with Crippen LogP contribution in [0.15, 0.2) is 35.1 Å². The third-order valence-corrected chi connectivity index (χ3v) is 3.16. The minimum Gasteiger partial charge on any atom is -0.396 e. The molecule has 0 radical (unpaired) electrons. The van der Waals surface area contributed by atoms with Gasteiger partial charge in [0.15, 0.2) is 0 Å². The Morgan fingerprint density at radius 3 is 2.84 bits per heavy atom. The molecule has 19 heavy (non-hydrogen) atoms. The Labute approximate surface area is 112 Å². The van der Waals surface area contributed by atoms with Gasteiger partial charge in [-0.2, -0.15) is 0 Å². The van der Waals surface area contributed by atoms with E-state index in [0.717, 1.165) is 42.3 Å². The van der Waals surface area contributed by atoms with Crippen molar-refractivity contribution in [1.29, 1.82) is 0 Å². The maximum absolute atomic E-state index is 11.9. The van der Waals surface area contributed by atoms with Gasteiger partial charge in [-0.25, -0.2) is 0 Å². The zero-order valence-electron chi connectivity index (χ0n) is 11.0. The van der Waals surface area contributed by atoms with Crippen molar-refractivity contribution in [2.75, 3.05) is 13.2 Å². The summed E-state index contributed by atoms with van der Waals surface area (Å²) < 4.78 is 0. The van der Waals surface area contributed by atoms with Crippen LogP contribution in [0.1, 0.15) is 24.8 Å². The Balaban J connectivity index is 1.93. The molecular weight excluding hydrogens is 240 g/mol. The highest BCUT2D eigenvalue weighted by atomic mass is 16.2. The van der Waals surface area contributed by atoms with Gasteiger partial charge in [0.05, 0.1) is 0 Å². The predicted octanol–water partition coefficient (Wildman–Crippen LogP) is 1.78. The molecule has 0 fully saturated rings. The van der Waals surface area contributed by atoms with Crippen molar-refractivity contribution in [1.82, 2.24) is 10.3 Å². The fourth-order valence-electron chi connectivity index (χ4n) is 2.09. The number of aliphatic hydroxyl groups excluding tert-OH is 1. The van der Waals surface area contributed by atoms with Crippen molar-refractivity contribution in [3.8, 4) is 0 Å². The lowest BCUT2D eigenvalue weighted by molar-refractivity contribution is 0.283. The molecule has 4 nitrogen and oxygen atoms in total. The Morgan fingerprint density at radius 1 is 1.16 bits per heavy atom. The molecule has 0 saturated carbocycles. The van der Waals surface area contributed by atoms with Crippen LogP contribution in [-0.2, 0) is 6.54 Å². The second kappa shape index (κ2) is 7.07. The Morgan fingerprint density at radius 2 is 2.00 bits per heavy atom. The van der Waals surface area contributed by atoms with Crippen molar-refractivity contribution < 1.29 is 5.11 Å². The van der Waals surface area contributed by atoms with Gasteiger partial charge < -0.3 is 15.4 Å². The molecule has 0 unspecified atom stereocenters. The second-order valence-electron chi connectivity index (χ2n) is 4.67. The van der Waals surface area contributed by atoms with Gasteiger partial charge in [-0.3, -0.25) is 4.79 Å². The highest BCUT2D eigenvalue weighted by Crippen LogP contribution is 2.09. The van der Waals surface area contributed by atoms with Crippen LogP contribution >= 0.6 is 0 Å². The number of aromatic amines is 1. The van der Waals surface area contributed by atoms with Crippen molar-refractivity contribution in [2.24, 2.45) is 0 Å². The van der Waals surface area contributed by atoms with Crippen molar-refractivity contribution >= 4 is 10.9 Å². The minimum absolute atomic E-state index is 0.0263. The number of benzene rings is 1. The fraction of sp³-hybridized carbons (Fsp3) is 0.400. The summed E-state index contributed by atoms with van der Waals surface area (Å²) in [5.41, 5.74) is 1.61. The molecule has 0 aliphatic rings. The lowest BCUT2D eigenvalue weighted by Crippen LogP contribution is -2.21. The molecule has 2 rings (SSSR count). The molecule has 0 saturated heterocycles. The summed E-state index contributed by atoms with van der Waals surface area (Å²) in [4.78, 5) is 14.8. The van der Waals surface area contributed by atoms with Crippen LogP contribution in [0.3, 0.4) is 0 Å². The average Bonchev–Trinajstić information content (AvgIpc) is 2.43. The van der Waals surface area contributed by atoms with Crippen LogP contribution in [0.4, 0.5) is 0 Å². The molecule has 3 N–H and O–H groups in total. The highest BCUT2D eigenvalue weighted by molar-refractivity contribution is 5.78. The van der Waals surface area contributed by atoms with E-state index in [0.29, 0.717) is 6.54 Å². The molecule has 0 spiro atoms. The topological polar surface area (TPSA) is 65.1 Å². The number of H-pyrrole nitrogens is 1. The van der Waals surface area contributed by atoms with Crippen molar-refractivity contribution in [2.45, 2.75) is 25.8 Å². The summed E-state index contributed by atoms with van der Waals surface area (Å²) in [5.74, 6) is 0. The van der Waals surface area contributed by atoms with E-state index >= 15 is 0 Å². The first-order valence-corrected chi connectivity index (χ1v) is 6.74. The van der Waals surface area contributed by atoms with Gasteiger partial charge in [-0.05, 0) is 43.3 Å². The van der Waals surface area contributed by atoms with Gasteiger partial charge in [-0.15, -0.1) is 0 Å². The first-order valence-electron chi connectivity index (χ1n) is 6.74. The summed E-state index contributed by atoms with van der Waals surface area (Å²) in [6.45, 7) is 1.70. The van der Waals surface area contributed by atoms with Crippen LogP contribution in [-0.4, -0.2) is 23.2 Å². The molecule has 4 heteroatoms. The highest BCUT2D eigenvalue weighted by Gasteiger charge is 2.01. The van der Waals surface area contributed by atoms with E-state index in [2.05, 4.69) is 10.3 Å². The summed E-state index contributed by atoms with van der Waals surface area (Å²) >= 11 is 0. The van der Waals surface area contributed by atoms with E-state index in [1.165, 1.54) is 0 Å². The summed E-state index contributed by atoms with van der Waals surface area (Å²) in [7, 11) is 0. The average molecular weight is 260 g/mol. The van der Waals surface area contributed by atoms with Crippen molar-refractivity contribution in [3.05, 3.63) is 46.2 Å². The van der Waals surface area contributed by atoms with Crippen LogP contribution in [0.2, 0.25) is 0 Å². The number of para-hydroxylation sites is 1. The Kier molecular flexibility index (Phi) is 5.12. The quantitative estimate of drug-likeness (QED) is 0.665. The van der Waals surface area contributed by atoms with Gasteiger partial charge in [-0.1, -0.05) is 18.2 Å². The number of rotatable bonds is 7. The van der Waals surface area contributed by atoms with E-state index in [9.17, 15) is 4.79 Å². The number of hydrogen-bond acceptors (Lipinski definition) is 3. The second-order valence-corrected chi connectivity index (χ2v) is 4.67. The van der Waals surface area contributed by atoms with Crippen LogP contribution in [0, 0.1) is 0 Å². The zero-order valence-corrected chi connectivity index (χ0v) is 11.0.